The summed E-state index contributed by atoms with van der Waals surface area (Å²) in [5.74, 6) is 0.130. The van der Waals surface area contributed by atoms with Gasteiger partial charge >= 0.3 is 5.97 Å². The lowest BCUT2D eigenvalue weighted by Crippen LogP contribution is -2.66. The topological polar surface area (TPSA) is 89.9 Å². The number of nitrogens with zero attached hydrogens (tertiary/aromatic N) is 1. The second-order valence-corrected chi connectivity index (χ2v) is 8.68. The smallest absolute Gasteiger partial charge is 0.302 e. The standard InChI is InChI=1S/C19H25NO6/c1-10-5-6-17(8-23-12(3)21)13(7-10)26-15-18(9-24-18)16(17,4)14-19(15,22)20-11(2)25-14/h7,13-15,22H,5-6,8-9H2,1-4H3/t13?,14-,15?,16?,17+,18?,19+/m0/s1. The first-order valence-electron chi connectivity index (χ1n) is 9.25. The van der Waals surface area contributed by atoms with Crippen molar-refractivity contribution in [1.82, 2.24) is 0 Å². The molecule has 0 aromatic heterocycles. The first kappa shape index (κ1) is 16.7. The first-order valence-corrected chi connectivity index (χ1v) is 9.25. The number of epoxide rings is 1. The van der Waals surface area contributed by atoms with Crippen molar-refractivity contribution in [1.29, 1.82) is 0 Å². The van der Waals surface area contributed by atoms with Gasteiger partial charge in [-0.1, -0.05) is 18.6 Å². The molecule has 7 nitrogen and oxygen atoms in total. The van der Waals surface area contributed by atoms with Gasteiger partial charge in [0, 0.05) is 19.3 Å². The van der Waals surface area contributed by atoms with Crippen molar-refractivity contribution < 1.29 is 28.8 Å². The highest BCUT2D eigenvalue weighted by Crippen LogP contribution is 2.75. The largest absolute Gasteiger partial charge is 0.472 e. The zero-order valence-electron chi connectivity index (χ0n) is 15.6. The van der Waals surface area contributed by atoms with Gasteiger partial charge < -0.3 is 24.1 Å². The number of carbonyl (C=O) groups excluding carboxylic acids is 1. The van der Waals surface area contributed by atoms with Crippen LogP contribution in [0.25, 0.3) is 0 Å². The summed E-state index contributed by atoms with van der Waals surface area (Å²) in [7, 11) is 0. The number of rotatable bonds is 2. The number of fused-ring (bicyclic) bond motifs is 5. The van der Waals surface area contributed by atoms with E-state index in [4.69, 9.17) is 18.9 Å². The molecule has 0 amide bonds. The SMILES string of the molecule is CC(=O)OC[C@]12CCC(C)=CC1OC1C3(CO3)C2(C)[C@@H]2OC(C)=N[C@]12O. The van der Waals surface area contributed by atoms with Crippen LogP contribution in [0.1, 0.15) is 40.5 Å². The third-order valence-corrected chi connectivity index (χ3v) is 7.48. The second kappa shape index (κ2) is 4.69. The van der Waals surface area contributed by atoms with E-state index in [0.29, 0.717) is 12.5 Å². The fourth-order valence-electron chi connectivity index (χ4n) is 6.06. The number of aliphatic hydroxyl groups is 1. The Hall–Kier alpha value is -1.44. The highest BCUT2D eigenvalue weighted by Gasteiger charge is 2.90. The van der Waals surface area contributed by atoms with Crippen molar-refractivity contribution in [2.45, 2.75) is 70.2 Å². The Morgan fingerprint density at radius 1 is 1.42 bits per heavy atom. The van der Waals surface area contributed by atoms with Gasteiger partial charge in [-0.05, 0) is 19.8 Å². The Balaban J connectivity index is 1.70. The zero-order valence-corrected chi connectivity index (χ0v) is 15.6. The van der Waals surface area contributed by atoms with Gasteiger partial charge in [-0.25, -0.2) is 4.99 Å². The van der Waals surface area contributed by atoms with Crippen LogP contribution in [0.3, 0.4) is 0 Å². The van der Waals surface area contributed by atoms with E-state index in [9.17, 15) is 9.90 Å². The van der Waals surface area contributed by atoms with Crippen molar-refractivity contribution in [3.05, 3.63) is 11.6 Å². The van der Waals surface area contributed by atoms with Crippen LogP contribution in [0.2, 0.25) is 0 Å². The van der Waals surface area contributed by atoms with Crippen molar-refractivity contribution >= 4 is 11.9 Å². The van der Waals surface area contributed by atoms with E-state index < -0.39 is 34.4 Å². The summed E-state index contributed by atoms with van der Waals surface area (Å²) in [6, 6.07) is 0. The summed E-state index contributed by atoms with van der Waals surface area (Å²) in [5, 5.41) is 11.5. The van der Waals surface area contributed by atoms with Crippen LogP contribution in [0.15, 0.2) is 16.6 Å². The van der Waals surface area contributed by atoms with Crippen molar-refractivity contribution in [2.24, 2.45) is 15.8 Å². The molecule has 0 aromatic carbocycles. The highest BCUT2D eigenvalue weighted by molar-refractivity contribution is 5.76. The lowest BCUT2D eigenvalue weighted by molar-refractivity contribution is -0.233. The normalized spacial score (nSPS) is 53.3. The zero-order chi connectivity index (χ0) is 18.5. The van der Waals surface area contributed by atoms with E-state index in [1.54, 1.807) is 6.92 Å². The maximum atomic E-state index is 11.6. The molecule has 0 aromatic rings. The van der Waals surface area contributed by atoms with Crippen LogP contribution in [0.5, 0.6) is 0 Å². The van der Waals surface area contributed by atoms with Gasteiger partial charge in [-0.15, -0.1) is 0 Å². The van der Waals surface area contributed by atoms with E-state index in [1.807, 2.05) is 0 Å². The molecular weight excluding hydrogens is 338 g/mol. The molecule has 2 aliphatic carbocycles. The number of allylic oxidation sites excluding steroid dienone is 1. The van der Waals surface area contributed by atoms with Crippen LogP contribution < -0.4 is 0 Å². The lowest BCUT2D eigenvalue weighted by atomic mass is 9.51. The van der Waals surface area contributed by atoms with E-state index >= 15 is 0 Å². The molecule has 1 N–H and O–H groups in total. The van der Waals surface area contributed by atoms with Gasteiger partial charge in [0.15, 0.2) is 12.0 Å². The maximum Gasteiger partial charge on any atom is 0.302 e. The number of hydrogen-bond acceptors (Lipinski definition) is 7. The number of carbonyl (C=O) groups is 1. The van der Waals surface area contributed by atoms with Crippen LogP contribution in [0, 0.1) is 10.8 Å². The molecule has 1 saturated carbocycles. The number of aliphatic imine (C=N–C) groups is 1. The molecule has 7 heteroatoms. The van der Waals surface area contributed by atoms with Crippen molar-refractivity contribution in [3.63, 3.8) is 0 Å². The summed E-state index contributed by atoms with van der Waals surface area (Å²) in [6.07, 6.45) is 2.29. The molecule has 2 saturated heterocycles. The molecule has 5 rings (SSSR count). The highest BCUT2D eigenvalue weighted by atomic mass is 16.7. The number of esters is 1. The molecule has 4 unspecified atom stereocenters. The Bertz CT molecular complexity index is 757. The summed E-state index contributed by atoms with van der Waals surface area (Å²) in [4.78, 5) is 16.1. The number of hydrogen-bond donors (Lipinski definition) is 1. The van der Waals surface area contributed by atoms with Crippen LogP contribution in [-0.2, 0) is 23.7 Å². The molecule has 26 heavy (non-hydrogen) atoms. The predicted octanol–water partition coefficient (Wildman–Crippen LogP) is 1.34. The third-order valence-electron chi connectivity index (χ3n) is 7.48. The lowest BCUT2D eigenvalue weighted by Gasteiger charge is -2.57. The monoisotopic (exact) mass is 363 g/mol. The third kappa shape index (κ3) is 1.62. The van der Waals surface area contributed by atoms with E-state index in [2.05, 4.69) is 24.9 Å². The number of ether oxygens (including phenoxy) is 4. The van der Waals surface area contributed by atoms with Crippen LogP contribution in [0.4, 0.5) is 0 Å². The van der Waals surface area contributed by atoms with Gasteiger partial charge in [0.1, 0.15) is 18.3 Å². The molecule has 1 spiro atoms. The fourth-order valence-corrected chi connectivity index (χ4v) is 6.06. The molecule has 2 bridgehead atoms. The fraction of sp³-hybridized carbons (Fsp3) is 0.789. The minimum Gasteiger partial charge on any atom is -0.472 e. The molecule has 3 fully saturated rings. The van der Waals surface area contributed by atoms with Gasteiger partial charge in [0.05, 0.1) is 18.1 Å². The summed E-state index contributed by atoms with van der Waals surface area (Å²) < 4.78 is 24.1. The van der Waals surface area contributed by atoms with E-state index in [0.717, 1.165) is 12.8 Å². The Labute approximate surface area is 152 Å². The molecule has 3 aliphatic heterocycles. The summed E-state index contributed by atoms with van der Waals surface area (Å²) in [6.45, 7) is 8.03. The molecule has 7 atom stereocenters. The minimum absolute atomic E-state index is 0.208. The molecular formula is C19H25NO6. The molecule has 142 valence electrons. The van der Waals surface area contributed by atoms with Crippen LogP contribution >= 0.6 is 0 Å². The quantitative estimate of drug-likeness (QED) is 0.452. The molecule has 5 aliphatic rings. The Morgan fingerprint density at radius 3 is 2.81 bits per heavy atom. The van der Waals surface area contributed by atoms with E-state index in [1.165, 1.54) is 12.5 Å². The van der Waals surface area contributed by atoms with Gasteiger partial charge in [-0.3, -0.25) is 4.79 Å². The van der Waals surface area contributed by atoms with Crippen LogP contribution in [-0.4, -0.2) is 59.8 Å². The summed E-state index contributed by atoms with van der Waals surface area (Å²) >= 11 is 0. The summed E-state index contributed by atoms with van der Waals surface area (Å²) in [5.41, 5.74) is -2.04. The van der Waals surface area contributed by atoms with Crippen molar-refractivity contribution in [3.8, 4) is 0 Å². The minimum atomic E-state index is -1.47. The van der Waals surface area contributed by atoms with Gasteiger partial charge in [0.2, 0.25) is 5.72 Å². The molecule has 0 radical (unpaired) electrons. The molecule has 3 heterocycles. The van der Waals surface area contributed by atoms with E-state index in [-0.39, 0.29) is 18.7 Å². The predicted molar refractivity (Wildman–Crippen MR) is 90.4 cm³/mol. The second-order valence-electron chi connectivity index (χ2n) is 8.68. The first-order chi connectivity index (χ1) is 12.2. The Kier molecular flexibility index (Phi) is 3.02. The average molecular weight is 363 g/mol. The average Bonchev–Trinajstić information content (AvgIpc) is 3.28. The maximum absolute atomic E-state index is 11.6. The van der Waals surface area contributed by atoms with Gasteiger partial charge in [0.25, 0.3) is 0 Å². The van der Waals surface area contributed by atoms with Gasteiger partial charge in [-0.2, -0.15) is 0 Å². The Morgan fingerprint density at radius 2 is 2.15 bits per heavy atom. The van der Waals surface area contributed by atoms with Crippen molar-refractivity contribution in [2.75, 3.05) is 13.2 Å².